The summed E-state index contributed by atoms with van der Waals surface area (Å²) in [6.07, 6.45) is 9.36. The van der Waals surface area contributed by atoms with Crippen molar-refractivity contribution >= 4 is 22.9 Å². The zero-order valence-electron chi connectivity index (χ0n) is 15.6. The molecule has 2 fully saturated rings. The molecular formula is C23H22ClFN2O. The van der Waals surface area contributed by atoms with Crippen LogP contribution in [-0.2, 0) is 0 Å². The molecule has 3 nitrogen and oxygen atoms in total. The van der Waals surface area contributed by atoms with Crippen LogP contribution < -0.4 is 0 Å². The molecule has 0 amide bonds. The first kappa shape index (κ1) is 17.9. The van der Waals surface area contributed by atoms with E-state index in [1.807, 2.05) is 10.5 Å². The molecule has 0 saturated heterocycles. The molecule has 0 unspecified atom stereocenters. The first-order chi connectivity index (χ1) is 13.6. The van der Waals surface area contributed by atoms with Gasteiger partial charge in [-0.25, -0.2) is 9.37 Å². The topological polar surface area (TPSA) is 34.4 Å². The number of fused-ring (bicyclic) bond motifs is 1. The minimum atomic E-state index is -0.363. The van der Waals surface area contributed by atoms with E-state index >= 15 is 0 Å². The number of carbonyl (C=O) groups excluding carboxylic acids is 1. The predicted octanol–water partition coefficient (Wildman–Crippen LogP) is 6.16. The molecule has 5 heteroatoms. The number of aromatic nitrogens is 2. The van der Waals surface area contributed by atoms with Gasteiger partial charge >= 0.3 is 0 Å². The van der Waals surface area contributed by atoms with Crippen molar-refractivity contribution in [2.24, 2.45) is 5.92 Å². The van der Waals surface area contributed by atoms with Crippen molar-refractivity contribution < 1.29 is 9.18 Å². The number of Topliss-reactive ketones (excluding diaryl/α,β-unsaturated/α-hetero) is 1. The van der Waals surface area contributed by atoms with Crippen LogP contribution in [0.2, 0.25) is 5.02 Å². The normalized spacial score (nSPS) is 22.5. The molecule has 3 aromatic rings. The summed E-state index contributed by atoms with van der Waals surface area (Å²) in [5, 5.41) is 0.161. The summed E-state index contributed by atoms with van der Waals surface area (Å²) in [5.41, 5.74) is 3.97. The van der Waals surface area contributed by atoms with Gasteiger partial charge in [-0.15, -0.1) is 0 Å². The minimum Gasteiger partial charge on any atom is -0.296 e. The van der Waals surface area contributed by atoms with Crippen LogP contribution in [0.3, 0.4) is 0 Å². The van der Waals surface area contributed by atoms with Crippen molar-refractivity contribution in [2.75, 3.05) is 0 Å². The minimum absolute atomic E-state index is 0.0268. The van der Waals surface area contributed by atoms with Crippen LogP contribution >= 0.6 is 11.6 Å². The highest BCUT2D eigenvalue weighted by Crippen LogP contribution is 2.44. The summed E-state index contributed by atoms with van der Waals surface area (Å²) in [7, 11) is 0. The second-order valence-electron chi connectivity index (χ2n) is 8.19. The van der Waals surface area contributed by atoms with Gasteiger partial charge in [0.05, 0.1) is 28.8 Å². The molecule has 2 aliphatic rings. The van der Waals surface area contributed by atoms with Gasteiger partial charge in [-0.1, -0.05) is 23.7 Å². The quantitative estimate of drug-likeness (QED) is 0.495. The Morgan fingerprint density at radius 3 is 2.50 bits per heavy atom. The van der Waals surface area contributed by atoms with Crippen molar-refractivity contribution in [1.29, 1.82) is 0 Å². The maximum Gasteiger partial charge on any atom is 0.182 e. The van der Waals surface area contributed by atoms with E-state index in [9.17, 15) is 9.18 Å². The number of ketones is 1. The molecule has 0 bridgehead atoms. The van der Waals surface area contributed by atoms with Crippen LogP contribution in [0.25, 0.3) is 5.52 Å². The molecule has 1 aromatic carbocycles. The molecule has 144 valence electrons. The first-order valence-corrected chi connectivity index (χ1v) is 10.4. The zero-order chi connectivity index (χ0) is 19.3. The molecule has 0 atom stereocenters. The molecule has 0 N–H and O–H groups in total. The van der Waals surface area contributed by atoms with Crippen molar-refractivity contribution in [3.63, 3.8) is 0 Å². The maximum absolute atomic E-state index is 13.8. The highest BCUT2D eigenvalue weighted by Gasteiger charge is 2.34. The number of halogens is 2. The van der Waals surface area contributed by atoms with Gasteiger partial charge in [0.1, 0.15) is 5.82 Å². The lowest BCUT2D eigenvalue weighted by molar-refractivity contribution is 0.0876. The predicted molar refractivity (Wildman–Crippen MR) is 108 cm³/mol. The fourth-order valence-corrected chi connectivity index (χ4v) is 4.76. The lowest BCUT2D eigenvalue weighted by Crippen LogP contribution is -2.24. The lowest BCUT2D eigenvalue weighted by atomic mass is 9.76. The Morgan fingerprint density at radius 2 is 1.79 bits per heavy atom. The SMILES string of the molecule is O=C(c1c(C2CC2)ccc2cncn12)C1CCC(c2ccc(Cl)c(F)c2)CC1. The van der Waals surface area contributed by atoms with Gasteiger partial charge in [-0.3, -0.25) is 9.20 Å². The van der Waals surface area contributed by atoms with E-state index in [4.69, 9.17) is 11.6 Å². The molecule has 2 saturated carbocycles. The number of hydrogen-bond acceptors (Lipinski definition) is 2. The molecule has 0 aliphatic heterocycles. The summed E-state index contributed by atoms with van der Waals surface area (Å²) in [5.74, 6) is 0.713. The maximum atomic E-state index is 13.8. The largest absolute Gasteiger partial charge is 0.296 e. The Morgan fingerprint density at radius 1 is 1.04 bits per heavy atom. The lowest BCUT2D eigenvalue weighted by Gasteiger charge is -2.28. The van der Waals surface area contributed by atoms with Gasteiger partial charge in [-0.2, -0.15) is 0 Å². The first-order valence-electron chi connectivity index (χ1n) is 10.1. The Kier molecular flexibility index (Phi) is 4.47. The average molecular weight is 397 g/mol. The fraction of sp³-hybridized carbons (Fsp3) is 0.391. The Hall–Kier alpha value is -2.20. The summed E-state index contributed by atoms with van der Waals surface area (Å²) < 4.78 is 15.8. The van der Waals surface area contributed by atoms with E-state index in [0.29, 0.717) is 11.8 Å². The summed E-state index contributed by atoms with van der Waals surface area (Å²) >= 11 is 5.81. The van der Waals surface area contributed by atoms with Gasteiger partial charge < -0.3 is 0 Å². The van der Waals surface area contributed by atoms with Crippen molar-refractivity contribution in [3.05, 3.63) is 70.5 Å². The average Bonchev–Trinajstić information content (AvgIpc) is 3.45. The zero-order valence-corrected chi connectivity index (χ0v) is 16.3. The monoisotopic (exact) mass is 396 g/mol. The van der Waals surface area contributed by atoms with E-state index < -0.39 is 0 Å². The van der Waals surface area contributed by atoms with Crippen molar-refractivity contribution in [2.45, 2.75) is 50.4 Å². The van der Waals surface area contributed by atoms with Crippen molar-refractivity contribution in [1.82, 2.24) is 9.38 Å². The Balaban J connectivity index is 1.38. The highest BCUT2D eigenvalue weighted by atomic mass is 35.5. The van der Waals surface area contributed by atoms with Crippen LogP contribution in [0.4, 0.5) is 4.39 Å². The number of carbonyl (C=O) groups is 1. The van der Waals surface area contributed by atoms with E-state index in [1.165, 1.54) is 5.56 Å². The van der Waals surface area contributed by atoms with Crippen LogP contribution in [0.5, 0.6) is 0 Å². The summed E-state index contributed by atoms with van der Waals surface area (Å²) in [6.45, 7) is 0. The smallest absolute Gasteiger partial charge is 0.182 e. The number of imidazole rings is 1. The molecule has 2 aliphatic carbocycles. The third kappa shape index (κ3) is 3.14. The fourth-order valence-electron chi connectivity index (χ4n) is 4.64. The van der Waals surface area contributed by atoms with Gasteiger partial charge in [0.15, 0.2) is 5.78 Å². The molecule has 5 rings (SSSR count). The number of hydrogen-bond donors (Lipinski definition) is 0. The Labute approximate surface area is 168 Å². The number of benzene rings is 1. The van der Waals surface area contributed by atoms with E-state index in [0.717, 1.165) is 55.3 Å². The third-order valence-electron chi connectivity index (χ3n) is 6.38. The number of pyridine rings is 1. The summed E-state index contributed by atoms with van der Waals surface area (Å²) in [6, 6.07) is 9.26. The number of nitrogens with zero attached hydrogens (tertiary/aromatic N) is 2. The van der Waals surface area contributed by atoms with Gasteiger partial charge in [0, 0.05) is 5.92 Å². The van der Waals surface area contributed by atoms with Gasteiger partial charge in [0.2, 0.25) is 0 Å². The molecule has 0 spiro atoms. The molecule has 0 radical (unpaired) electrons. The standard InChI is InChI=1S/C23H22ClFN2O/c24-20-10-7-17(11-21(20)25)14-1-5-16(6-2-14)23(28)22-19(15-3-4-15)9-8-18-12-26-13-27(18)22/h7-16H,1-6H2. The van der Waals surface area contributed by atoms with Gasteiger partial charge in [-0.05, 0) is 79.7 Å². The summed E-state index contributed by atoms with van der Waals surface area (Å²) in [4.78, 5) is 17.7. The van der Waals surface area contributed by atoms with Crippen LogP contribution in [0, 0.1) is 11.7 Å². The highest BCUT2D eigenvalue weighted by molar-refractivity contribution is 6.30. The number of rotatable bonds is 4. The second-order valence-corrected chi connectivity index (χ2v) is 8.59. The van der Waals surface area contributed by atoms with Gasteiger partial charge in [0.25, 0.3) is 0 Å². The second kappa shape index (κ2) is 7.00. The van der Waals surface area contributed by atoms with E-state index in [-0.39, 0.29) is 22.5 Å². The molecular weight excluding hydrogens is 375 g/mol. The Bertz CT molecular complexity index is 1050. The van der Waals surface area contributed by atoms with Crippen LogP contribution in [0.1, 0.15) is 72.0 Å². The molecule has 2 aromatic heterocycles. The molecule has 28 heavy (non-hydrogen) atoms. The van der Waals surface area contributed by atoms with Crippen LogP contribution in [-0.4, -0.2) is 15.2 Å². The van der Waals surface area contributed by atoms with Crippen molar-refractivity contribution in [3.8, 4) is 0 Å². The van der Waals surface area contributed by atoms with E-state index in [2.05, 4.69) is 17.1 Å². The third-order valence-corrected chi connectivity index (χ3v) is 6.69. The molecule has 2 heterocycles. The van der Waals surface area contributed by atoms with Crippen LogP contribution in [0.15, 0.2) is 42.9 Å². The van der Waals surface area contributed by atoms with E-state index in [1.54, 1.807) is 24.7 Å².